The van der Waals surface area contributed by atoms with Crippen LogP contribution in [-0.2, 0) is 9.57 Å². The van der Waals surface area contributed by atoms with Crippen LogP contribution in [0.1, 0.15) is 17.9 Å². The Labute approximate surface area is 163 Å². The fourth-order valence-corrected chi connectivity index (χ4v) is 3.42. The molecule has 0 bridgehead atoms. The van der Waals surface area contributed by atoms with Crippen molar-refractivity contribution in [3.8, 4) is 0 Å². The van der Waals surface area contributed by atoms with Crippen LogP contribution in [0.2, 0.25) is 0 Å². The number of aliphatic hydroxyl groups excluding tert-OH is 3. The van der Waals surface area contributed by atoms with Crippen LogP contribution in [0.4, 0.5) is 14.6 Å². The predicted molar refractivity (Wildman–Crippen MR) is 95.4 cm³/mol. The van der Waals surface area contributed by atoms with E-state index in [1.807, 2.05) is 0 Å². The molecule has 4 N–H and O–H groups in total. The molecule has 3 aromatic rings. The van der Waals surface area contributed by atoms with Crippen LogP contribution in [0.25, 0.3) is 11.0 Å². The van der Waals surface area contributed by atoms with E-state index in [2.05, 4.69) is 15.4 Å². The third-order valence-corrected chi connectivity index (χ3v) is 4.85. The van der Waals surface area contributed by atoms with Crippen molar-refractivity contribution in [3.63, 3.8) is 0 Å². The van der Waals surface area contributed by atoms with Gasteiger partial charge in [-0.05, 0) is 23.8 Å². The lowest BCUT2D eigenvalue weighted by Gasteiger charge is -2.21. The summed E-state index contributed by atoms with van der Waals surface area (Å²) in [5, 5.41) is 32.0. The minimum atomic E-state index is -1.50. The van der Waals surface area contributed by atoms with E-state index in [1.165, 1.54) is 24.1 Å². The molecule has 0 spiro atoms. The van der Waals surface area contributed by atoms with Gasteiger partial charge in [-0.15, -0.1) is 0 Å². The topological polar surface area (TPSA) is 122 Å². The van der Waals surface area contributed by atoms with Gasteiger partial charge in [-0.1, -0.05) is 6.07 Å². The number of aliphatic hydroxyl groups is 3. The van der Waals surface area contributed by atoms with Crippen LogP contribution in [0, 0.1) is 11.6 Å². The molecule has 2 aromatic heterocycles. The van der Waals surface area contributed by atoms with E-state index < -0.39 is 42.3 Å². The number of benzene rings is 1. The number of halogens is 2. The van der Waals surface area contributed by atoms with E-state index in [0.717, 1.165) is 12.1 Å². The van der Waals surface area contributed by atoms with Gasteiger partial charge in [0.1, 0.15) is 36.4 Å². The molecule has 9 nitrogen and oxygen atoms in total. The minimum Gasteiger partial charge on any atom is -0.387 e. The van der Waals surface area contributed by atoms with Crippen molar-refractivity contribution in [1.82, 2.24) is 14.5 Å². The molecule has 5 atom stereocenters. The van der Waals surface area contributed by atoms with Gasteiger partial charge in [-0.25, -0.2) is 24.2 Å². The second-order valence-corrected chi connectivity index (χ2v) is 6.58. The van der Waals surface area contributed by atoms with Gasteiger partial charge in [-0.3, -0.25) is 4.84 Å². The molecule has 1 fully saturated rings. The van der Waals surface area contributed by atoms with E-state index in [1.54, 1.807) is 12.3 Å². The highest BCUT2D eigenvalue weighted by atomic mass is 19.2. The molecule has 29 heavy (non-hydrogen) atoms. The summed E-state index contributed by atoms with van der Waals surface area (Å²) in [5.41, 5.74) is 3.00. The van der Waals surface area contributed by atoms with Gasteiger partial charge in [0.15, 0.2) is 23.7 Å². The summed E-state index contributed by atoms with van der Waals surface area (Å²) in [6.45, 7) is 0. The monoisotopic (exact) mass is 408 g/mol. The summed E-state index contributed by atoms with van der Waals surface area (Å²) in [7, 11) is 1.43. The highest BCUT2D eigenvalue weighted by Crippen LogP contribution is 2.38. The molecule has 0 radical (unpaired) electrons. The number of aromatic nitrogens is 3. The zero-order chi connectivity index (χ0) is 20.7. The Morgan fingerprint density at radius 3 is 2.69 bits per heavy atom. The molecule has 1 aliphatic heterocycles. The zero-order valence-corrected chi connectivity index (χ0v) is 15.1. The number of nitrogens with zero attached hydrogens (tertiary/aromatic N) is 3. The first-order valence-electron chi connectivity index (χ1n) is 8.67. The Morgan fingerprint density at radius 1 is 1.17 bits per heavy atom. The normalized spacial score (nSPS) is 25.4. The lowest BCUT2D eigenvalue weighted by atomic mass is 9.99. The SMILES string of the molecule is CONc1ncnc2c1ccn2[C@@H]1O[C@H]([C@H](O)c2ccc(F)c(F)c2)C(O)[C@H]1O. The summed E-state index contributed by atoms with van der Waals surface area (Å²) >= 11 is 0. The molecule has 0 saturated carbocycles. The molecule has 0 aliphatic carbocycles. The second kappa shape index (κ2) is 7.61. The molecule has 1 saturated heterocycles. The quantitative estimate of drug-likeness (QED) is 0.462. The Bertz CT molecular complexity index is 1030. The first-order valence-corrected chi connectivity index (χ1v) is 8.67. The van der Waals surface area contributed by atoms with Gasteiger partial charge < -0.3 is 24.6 Å². The first kappa shape index (κ1) is 19.6. The van der Waals surface area contributed by atoms with Gasteiger partial charge in [0.05, 0.1) is 12.5 Å². The van der Waals surface area contributed by atoms with Crippen molar-refractivity contribution in [2.45, 2.75) is 30.6 Å². The van der Waals surface area contributed by atoms with Crippen LogP contribution >= 0.6 is 0 Å². The van der Waals surface area contributed by atoms with Crippen LogP contribution in [0.5, 0.6) is 0 Å². The molecular weight excluding hydrogens is 390 g/mol. The van der Waals surface area contributed by atoms with Gasteiger partial charge in [-0.2, -0.15) is 0 Å². The highest BCUT2D eigenvalue weighted by Gasteiger charge is 2.47. The molecular formula is C18H18F2N4O5. The Morgan fingerprint density at radius 2 is 1.97 bits per heavy atom. The molecule has 1 aromatic carbocycles. The summed E-state index contributed by atoms with van der Waals surface area (Å²) in [4.78, 5) is 13.1. The fourth-order valence-electron chi connectivity index (χ4n) is 3.42. The summed E-state index contributed by atoms with van der Waals surface area (Å²) in [6.07, 6.45) is -3.91. The second-order valence-electron chi connectivity index (χ2n) is 6.58. The zero-order valence-electron chi connectivity index (χ0n) is 15.1. The van der Waals surface area contributed by atoms with Crippen molar-refractivity contribution in [3.05, 3.63) is 54.0 Å². The number of hydrogen-bond donors (Lipinski definition) is 4. The molecule has 11 heteroatoms. The highest BCUT2D eigenvalue weighted by molar-refractivity contribution is 5.87. The standard InChI is InChI=1S/C18H18F2N4O5/c1-28-23-16-9-4-5-24(17(9)22-7-21-16)18-14(27)13(26)15(29-18)12(25)8-2-3-10(19)11(20)6-8/h2-7,12-15,18,25-27H,1H3,(H,21,22,23)/t12-,13?,14-,15-,18-/m1/s1. The van der Waals surface area contributed by atoms with E-state index in [0.29, 0.717) is 16.9 Å². The van der Waals surface area contributed by atoms with Crippen LogP contribution in [0.15, 0.2) is 36.8 Å². The van der Waals surface area contributed by atoms with E-state index >= 15 is 0 Å². The molecule has 1 unspecified atom stereocenters. The summed E-state index contributed by atoms with van der Waals surface area (Å²) in [5.74, 6) is -1.81. The number of fused-ring (bicyclic) bond motifs is 1. The van der Waals surface area contributed by atoms with Gasteiger partial charge in [0, 0.05) is 6.20 Å². The van der Waals surface area contributed by atoms with E-state index in [4.69, 9.17) is 9.57 Å². The number of ether oxygens (including phenoxy) is 1. The Hall–Kier alpha value is -2.70. The summed E-state index contributed by atoms with van der Waals surface area (Å²) in [6, 6.07) is 4.53. The molecule has 0 amide bonds. The molecule has 1 aliphatic rings. The van der Waals surface area contributed by atoms with Crippen molar-refractivity contribution >= 4 is 16.9 Å². The van der Waals surface area contributed by atoms with Gasteiger partial charge >= 0.3 is 0 Å². The van der Waals surface area contributed by atoms with Crippen molar-refractivity contribution in [1.29, 1.82) is 0 Å². The minimum absolute atomic E-state index is 0.00655. The van der Waals surface area contributed by atoms with Crippen LogP contribution < -0.4 is 5.48 Å². The fraction of sp³-hybridized carbons (Fsp3) is 0.333. The number of hydrogen-bond acceptors (Lipinski definition) is 8. The summed E-state index contributed by atoms with van der Waals surface area (Å²) < 4.78 is 33.8. The number of nitrogens with one attached hydrogen (secondary N) is 1. The predicted octanol–water partition coefficient (Wildman–Crippen LogP) is 1.04. The van der Waals surface area contributed by atoms with Gasteiger partial charge in [0.25, 0.3) is 0 Å². The maximum atomic E-state index is 13.5. The largest absolute Gasteiger partial charge is 0.387 e. The van der Waals surface area contributed by atoms with Crippen molar-refractivity contribution < 1.29 is 33.7 Å². The van der Waals surface area contributed by atoms with E-state index in [9.17, 15) is 24.1 Å². The maximum Gasteiger partial charge on any atom is 0.164 e. The maximum absolute atomic E-state index is 13.5. The Kier molecular flexibility index (Phi) is 5.15. The first-order chi connectivity index (χ1) is 13.9. The van der Waals surface area contributed by atoms with Crippen molar-refractivity contribution in [2.75, 3.05) is 12.6 Å². The molecule has 3 heterocycles. The number of anilines is 1. The smallest absolute Gasteiger partial charge is 0.164 e. The molecule has 4 rings (SSSR count). The van der Waals surface area contributed by atoms with Gasteiger partial charge in [0.2, 0.25) is 0 Å². The van der Waals surface area contributed by atoms with Crippen LogP contribution in [0.3, 0.4) is 0 Å². The third-order valence-electron chi connectivity index (χ3n) is 4.85. The lowest BCUT2D eigenvalue weighted by Crippen LogP contribution is -2.34. The average Bonchev–Trinajstić information content (AvgIpc) is 3.26. The Balaban J connectivity index is 1.64. The van der Waals surface area contributed by atoms with E-state index in [-0.39, 0.29) is 5.56 Å². The molecule has 154 valence electrons. The lowest BCUT2D eigenvalue weighted by molar-refractivity contribution is -0.0849. The average molecular weight is 408 g/mol. The number of rotatable bonds is 5. The van der Waals surface area contributed by atoms with Crippen molar-refractivity contribution in [2.24, 2.45) is 0 Å². The van der Waals surface area contributed by atoms with Crippen LogP contribution in [-0.4, -0.2) is 55.3 Å². The third kappa shape index (κ3) is 3.32.